The maximum absolute atomic E-state index is 5.33. The van der Waals surface area contributed by atoms with Gasteiger partial charge in [-0.1, -0.05) is 0 Å². The quantitative estimate of drug-likeness (QED) is 0.825. The monoisotopic (exact) mass is 253 g/mol. The van der Waals surface area contributed by atoms with Crippen molar-refractivity contribution < 1.29 is 9.47 Å². The van der Waals surface area contributed by atoms with Gasteiger partial charge in [0, 0.05) is 20.4 Å². The van der Waals surface area contributed by atoms with E-state index in [0.29, 0.717) is 17.9 Å². The molecule has 2 aromatic heterocycles. The van der Waals surface area contributed by atoms with Gasteiger partial charge in [-0.15, -0.1) is 0 Å². The average Bonchev–Trinajstić information content (AvgIpc) is 2.65. The summed E-state index contributed by atoms with van der Waals surface area (Å²) in [5.74, 6) is 0. The van der Waals surface area contributed by atoms with Gasteiger partial charge in [-0.3, -0.25) is 4.57 Å². The summed E-state index contributed by atoms with van der Waals surface area (Å²) >= 11 is 5.27. The molecule has 5 nitrogen and oxygen atoms in total. The van der Waals surface area contributed by atoms with E-state index in [4.69, 9.17) is 21.7 Å². The Kier molecular flexibility index (Phi) is 3.88. The van der Waals surface area contributed by atoms with Crippen molar-refractivity contribution in [2.24, 2.45) is 0 Å². The number of fused-ring (bicyclic) bond motifs is 1. The number of hydrogen-bond acceptors (Lipinski definition) is 4. The van der Waals surface area contributed by atoms with Crippen molar-refractivity contribution >= 4 is 23.4 Å². The fourth-order valence-corrected chi connectivity index (χ4v) is 2.01. The Labute approximate surface area is 104 Å². The predicted molar refractivity (Wildman–Crippen MR) is 67.6 cm³/mol. The number of aromatic nitrogens is 3. The first-order valence-electron chi connectivity index (χ1n) is 5.31. The Bertz CT molecular complexity index is 549. The van der Waals surface area contributed by atoms with Gasteiger partial charge in [0.05, 0.1) is 24.8 Å². The topological polar surface area (TPSA) is 52.1 Å². The molecule has 92 valence electrons. The third-order valence-electron chi connectivity index (χ3n) is 2.60. The van der Waals surface area contributed by atoms with Gasteiger partial charge in [0.25, 0.3) is 0 Å². The molecule has 0 aliphatic carbocycles. The van der Waals surface area contributed by atoms with Crippen LogP contribution in [0.5, 0.6) is 0 Å². The van der Waals surface area contributed by atoms with Crippen molar-refractivity contribution in [3.05, 3.63) is 23.1 Å². The number of aromatic amines is 1. The highest BCUT2D eigenvalue weighted by molar-refractivity contribution is 7.71. The SMILES string of the molecule is COCC(Cn1c(=S)[nH]c2cccnc21)OC. The molecule has 0 spiro atoms. The van der Waals surface area contributed by atoms with Crippen LogP contribution in [0.2, 0.25) is 0 Å². The Hall–Kier alpha value is -1.24. The van der Waals surface area contributed by atoms with E-state index >= 15 is 0 Å². The Morgan fingerprint density at radius 2 is 2.35 bits per heavy atom. The zero-order valence-electron chi connectivity index (χ0n) is 9.84. The molecule has 0 amide bonds. The van der Waals surface area contributed by atoms with E-state index in [0.717, 1.165) is 11.2 Å². The number of pyridine rings is 1. The first-order chi connectivity index (χ1) is 8.26. The smallest absolute Gasteiger partial charge is 0.179 e. The van der Waals surface area contributed by atoms with Crippen molar-refractivity contribution in [2.75, 3.05) is 20.8 Å². The molecule has 1 unspecified atom stereocenters. The highest BCUT2D eigenvalue weighted by Gasteiger charge is 2.12. The average molecular weight is 253 g/mol. The van der Waals surface area contributed by atoms with Gasteiger partial charge in [-0.2, -0.15) is 0 Å². The molecule has 0 aliphatic rings. The number of imidazole rings is 1. The van der Waals surface area contributed by atoms with E-state index in [1.54, 1.807) is 20.4 Å². The fourth-order valence-electron chi connectivity index (χ4n) is 1.74. The Balaban J connectivity index is 2.34. The highest BCUT2D eigenvalue weighted by Crippen LogP contribution is 2.12. The van der Waals surface area contributed by atoms with Crippen molar-refractivity contribution in [1.29, 1.82) is 0 Å². The lowest BCUT2D eigenvalue weighted by atomic mass is 10.3. The summed E-state index contributed by atoms with van der Waals surface area (Å²) in [6.07, 6.45) is 1.72. The van der Waals surface area contributed by atoms with E-state index in [2.05, 4.69) is 9.97 Å². The van der Waals surface area contributed by atoms with Gasteiger partial charge in [0.15, 0.2) is 10.4 Å². The van der Waals surface area contributed by atoms with E-state index in [-0.39, 0.29) is 6.10 Å². The van der Waals surface area contributed by atoms with Crippen LogP contribution < -0.4 is 0 Å². The van der Waals surface area contributed by atoms with Crippen LogP contribution >= 0.6 is 12.2 Å². The van der Waals surface area contributed by atoms with Crippen molar-refractivity contribution in [3.63, 3.8) is 0 Å². The molecule has 0 radical (unpaired) electrons. The molecule has 0 aliphatic heterocycles. The third-order valence-corrected chi connectivity index (χ3v) is 2.92. The third kappa shape index (κ3) is 2.54. The molecule has 17 heavy (non-hydrogen) atoms. The summed E-state index contributed by atoms with van der Waals surface area (Å²) < 4.78 is 13.0. The first-order valence-corrected chi connectivity index (χ1v) is 5.72. The van der Waals surface area contributed by atoms with E-state index in [9.17, 15) is 0 Å². The maximum atomic E-state index is 5.33. The lowest BCUT2D eigenvalue weighted by molar-refractivity contribution is 0.0187. The van der Waals surface area contributed by atoms with Crippen LogP contribution in [0.25, 0.3) is 11.2 Å². The number of ether oxygens (including phenoxy) is 2. The minimum atomic E-state index is -0.0345. The van der Waals surface area contributed by atoms with E-state index in [1.807, 2.05) is 16.7 Å². The molecule has 0 saturated heterocycles. The van der Waals surface area contributed by atoms with E-state index in [1.165, 1.54) is 0 Å². The summed E-state index contributed by atoms with van der Waals surface area (Å²) in [5.41, 5.74) is 1.78. The minimum Gasteiger partial charge on any atom is -0.382 e. The maximum Gasteiger partial charge on any atom is 0.179 e. The second-order valence-electron chi connectivity index (χ2n) is 3.73. The Morgan fingerprint density at radius 1 is 1.53 bits per heavy atom. The van der Waals surface area contributed by atoms with Gasteiger partial charge in [-0.05, 0) is 24.4 Å². The number of rotatable bonds is 5. The summed E-state index contributed by atoms with van der Waals surface area (Å²) in [4.78, 5) is 7.44. The summed E-state index contributed by atoms with van der Waals surface area (Å²) in [6, 6.07) is 3.83. The summed E-state index contributed by atoms with van der Waals surface area (Å²) in [5, 5.41) is 0. The van der Waals surface area contributed by atoms with Crippen LogP contribution in [0.4, 0.5) is 0 Å². The lowest BCUT2D eigenvalue weighted by Gasteiger charge is -2.14. The summed E-state index contributed by atoms with van der Waals surface area (Å²) in [6.45, 7) is 1.15. The second-order valence-corrected chi connectivity index (χ2v) is 4.12. The first kappa shape index (κ1) is 12.2. The standard InChI is InChI=1S/C11H15N3O2S/c1-15-7-8(16-2)6-14-10-9(13-11(14)17)4-3-5-12-10/h3-5,8H,6-7H2,1-2H3,(H,13,17). The molecule has 1 atom stereocenters. The van der Waals surface area contributed by atoms with Crippen LogP contribution in [-0.4, -0.2) is 41.5 Å². The van der Waals surface area contributed by atoms with Crippen LogP contribution in [0.1, 0.15) is 0 Å². The van der Waals surface area contributed by atoms with Gasteiger partial charge >= 0.3 is 0 Å². The lowest BCUT2D eigenvalue weighted by Crippen LogP contribution is -2.23. The molecule has 2 rings (SSSR count). The molecular weight excluding hydrogens is 238 g/mol. The Morgan fingerprint density at radius 3 is 3.06 bits per heavy atom. The van der Waals surface area contributed by atoms with Crippen LogP contribution in [0, 0.1) is 4.77 Å². The van der Waals surface area contributed by atoms with Gasteiger partial charge < -0.3 is 14.5 Å². The molecule has 0 fully saturated rings. The number of hydrogen-bond donors (Lipinski definition) is 1. The normalized spacial score (nSPS) is 13.1. The molecule has 0 saturated carbocycles. The van der Waals surface area contributed by atoms with Crippen molar-refractivity contribution in [1.82, 2.24) is 14.5 Å². The predicted octanol–water partition coefficient (Wildman–Crippen LogP) is 1.76. The van der Waals surface area contributed by atoms with Crippen molar-refractivity contribution in [3.8, 4) is 0 Å². The number of nitrogens with one attached hydrogen (secondary N) is 1. The molecular formula is C11H15N3O2S. The number of nitrogens with zero attached hydrogens (tertiary/aromatic N) is 2. The van der Waals surface area contributed by atoms with E-state index < -0.39 is 0 Å². The molecule has 0 bridgehead atoms. The van der Waals surface area contributed by atoms with Gasteiger partial charge in [-0.25, -0.2) is 4.98 Å². The van der Waals surface area contributed by atoms with Crippen LogP contribution in [-0.2, 0) is 16.0 Å². The fraction of sp³-hybridized carbons (Fsp3) is 0.455. The zero-order chi connectivity index (χ0) is 12.3. The van der Waals surface area contributed by atoms with Crippen LogP contribution in [0.15, 0.2) is 18.3 Å². The number of methoxy groups -OCH3 is 2. The highest BCUT2D eigenvalue weighted by atomic mass is 32.1. The minimum absolute atomic E-state index is 0.0345. The zero-order valence-corrected chi connectivity index (χ0v) is 10.7. The second kappa shape index (κ2) is 5.39. The van der Waals surface area contributed by atoms with Crippen LogP contribution in [0.3, 0.4) is 0 Å². The molecule has 2 heterocycles. The number of H-pyrrole nitrogens is 1. The van der Waals surface area contributed by atoms with Crippen molar-refractivity contribution in [2.45, 2.75) is 12.6 Å². The van der Waals surface area contributed by atoms with Gasteiger partial charge in [0.1, 0.15) is 0 Å². The molecule has 1 N–H and O–H groups in total. The molecule has 0 aromatic carbocycles. The molecule has 2 aromatic rings. The molecule has 6 heteroatoms. The largest absolute Gasteiger partial charge is 0.382 e. The van der Waals surface area contributed by atoms with Gasteiger partial charge in [0.2, 0.25) is 0 Å². The summed E-state index contributed by atoms with van der Waals surface area (Å²) in [7, 11) is 3.31.